The number of hydrogen-bond acceptors (Lipinski definition) is 5. The minimum Gasteiger partial charge on any atom is -0.444 e. The van der Waals surface area contributed by atoms with Crippen LogP contribution in [-0.2, 0) is 14.3 Å². The summed E-state index contributed by atoms with van der Waals surface area (Å²) in [7, 11) is 0. The van der Waals surface area contributed by atoms with Gasteiger partial charge in [-0.2, -0.15) is 0 Å². The molecule has 0 radical (unpaired) electrons. The summed E-state index contributed by atoms with van der Waals surface area (Å²) in [5.74, 6) is 0.855. The Morgan fingerprint density at radius 1 is 1.04 bits per heavy atom. The zero-order valence-electron chi connectivity index (χ0n) is 17.7. The summed E-state index contributed by atoms with van der Waals surface area (Å²) < 4.78 is 10.9. The Morgan fingerprint density at radius 3 is 2.29 bits per heavy atom. The van der Waals surface area contributed by atoms with Crippen LogP contribution in [0.15, 0.2) is 0 Å². The molecule has 0 aromatic carbocycles. The molecule has 0 aliphatic carbocycles. The molecule has 7 heteroatoms. The Morgan fingerprint density at radius 2 is 1.71 bits per heavy atom. The smallest absolute Gasteiger partial charge is 0.407 e. The second-order valence-electron chi connectivity index (χ2n) is 9.49. The molecular formula is C21H37N3O4. The fourth-order valence-corrected chi connectivity index (χ4v) is 4.41. The SMILES string of the molecule is CC(C)(C)OC(=O)NC1CCN(CC2CCN(C(=O)C3CCCO3)CC2)CC1. The first-order valence-corrected chi connectivity index (χ1v) is 10.9. The number of rotatable bonds is 4. The Kier molecular flexibility index (Phi) is 7.20. The Labute approximate surface area is 169 Å². The van der Waals surface area contributed by atoms with E-state index in [9.17, 15) is 9.59 Å². The standard InChI is InChI=1S/C21H37N3O4/c1-21(2,3)28-20(26)22-17-8-10-23(11-9-17)15-16-6-12-24(13-7-16)19(25)18-5-4-14-27-18/h16-18H,4-15H2,1-3H3,(H,22,26). The van der Waals surface area contributed by atoms with E-state index >= 15 is 0 Å². The molecule has 1 unspecified atom stereocenters. The van der Waals surface area contributed by atoms with Crippen molar-refractivity contribution in [3.05, 3.63) is 0 Å². The van der Waals surface area contributed by atoms with Crippen molar-refractivity contribution in [1.82, 2.24) is 15.1 Å². The highest BCUT2D eigenvalue weighted by molar-refractivity contribution is 5.81. The first-order valence-electron chi connectivity index (χ1n) is 10.9. The first kappa shape index (κ1) is 21.4. The third kappa shape index (κ3) is 6.34. The van der Waals surface area contributed by atoms with Crippen LogP contribution in [0.2, 0.25) is 0 Å². The quantitative estimate of drug-likeness (QED) is 0.791. The average Bonchev–Trinajstić information content (AvgIpc) is 3.16. The predicted molar refractivity (Wildman–Crippen MR) is 107 cm³/mol. The van der Waals surface area contributed by atoms with Gasteiger partial charge < -0.3 is 24.6 Å². The molecule has 160 valence electrons. The lowest BCUT2D eigenvalue weighted by Crippen LogP contribution is -2.48. The highest BCUT2D eigenvalue weighted by Gasteiger charge is 2.32. The molecule has 3 heterocycles. The Balaban J connectivity index is 1.32. The normalized spacial score (nSPS) is 25.7. The maximum atomic E-state index is 12.5. The van der Waals surface area contributed by atoms with E-state index in [2.05, 4.69) is 10.2 Å². The zero-order chi connectivity index (χ0) is 20.1. The molecule has 1 N–H and O–H groups in total. The van der Waals surface area contributed by atoms with E-state index in [0.717, 1.165) is 77.9 Å². The van der Waals surface area contributed by atoms with Gasteiger partial charge in [-0.3, -0.25) is 4.79 Å². The van der Waals surface area contributed by atoms with E-state index in [0.29, 0.717) is 5.92 Å². The van der Waals surface area contributed by atoms with Crippen LogP contribution < -0.4 is 5.32 Å². The number of carbonyl (C=O) groups is 2. The fourth-order valence-electron chi connectivity index (χ4n) is 4.41. The summed E-state index contributed by atoms with van der Waals surface area (Å²) in [6.07, 6.45) is 5.48. The average molecular weight is 396 g/mol. The van der Waals surface area contributed by atoms with Crippen LogP contribution >= 0.6 is 0 Å². The topological polar surface area (TPSA) is 71.1 Å². The van der Waals surface area contributed by atoms with Crippen molar-refractivity contribution in [3.8, 4) is 0 Å². The van der Waals surface area contributed by atoms with Gasteiger partial charge >= 0.3 is 6.09 Å². The van der Waals surface area contributed by atoms with Gasteiger partial charge in [0.2, 0.25) is 0 Å². The molecule has 0 aromatic rings. The van der Waals surface area contributed by atoms with Crippen molar-refractivity contribution >= 4 is 12.0 Å². The number of alkyl carbamates (subject to hydrolysis) is 1. The van der Waals surface area contributed by atoms with Gasteiger partial charge in [-0.25, -0.2) is 4.79 Å². The van der Waals surface area contributed by atoms with Crippen LogP contribution in [0.3, 0.4) is 0 Å². The highest BCUT2D eigenvalue weighted by atomic mass is 16.6. The van der Waals surface area contributed by atoms with Crippen LogP contribution in [0.1, 0.15) is 59.3 Å². The lowest BCUT2D eigenvalue weighted by Gasteiger charge is -2.38. The fraction of sp³-hybridized carbons (Fsp3) is 0.905. The van der Waals surface area contributed by atoms with E-state index in [1.165, 1.54) is 0 Å². The van der Waals surface area contributed by atoms with E-state index in [-0.39, 0.29) is 24.1 Å². The summed E-state index contributed by atoms with van der Waals surface area (Å²) >= 11 is 0. The van der Waals surface area contributed by atoms with Crippen LogP contribution in [0, 0.1) is 5.92 Å². The molecule has 0 spiro atoms. The van der Waals surface area contributed by atoms with E-state index in [1.54, 1.807) is 0 Å². The molecule has 3 saturated heterocycles. The molecule has 0 bridgehead atoms. The molecular weight excluding hydrogens is 358 g/mol. The van der Waals surface area contributed by atoms with E-state index < -0.39 is 5.60 Å². The van der Waals surface area contributed by atoms with Crippen molar-refractivity contribution in [2.45, 2.75) is 77.0 Å². The molecule has 28 heavy (non-hydrogen) atoms. The number of ether oxygens (including phenoxy) is 2. The van der Waals surface area contributed by atoms with Crippen molar-refractivity contribution in [2.75, 3.05) is 39.3 Å². The van der Waals surface area contributed by atoms with Crippen LogP contribution in [0.4, 0.5) is 4.79 Å². The monoisotopic (exact) mass is 395 g/mol. The summed E-state index contributed by atoms with van der Waals surface area (Å²) in [6.45, 7) is 11.2. The van der Waals surface area contributed by atoms with Crippen molar-refractivity contribution < 1.29 is 19.1 Å². The molecule has 3 rings (SSSR count). The molecule has 3 aliphatic rings. The number of carbonyl (C=O) groups excluding carboxylic acids is 2. The molecule has 2 amide bonds. The summed E-state index contributed by atoms with van der Waals surface area (Å²) in [5.41, 5.74) is -0.453. The molecule has 7 nitrogen and oxygen atoms in total. The van der Waals surface area contributed by atoms with E-state index in [1.807, 2.05) is 25.7 Å². The third-order valence-electron chi connectivity index (χ3n) is 5.96. The maximum Gasteiger partial charge on any atom is 0.407 e. The Bertz CT molecular complexity index is 526. The van der Waals surface area contributed by atoms with Gasteiger partial charge in [0.05, 0.1) is 0 Å². The number of likely N-dealkylation sites (tertiary alicyclic amines) is 2. The molecule has 0 saturated carbocycles. The molecule has 1 atom stereocenters. The lowest BCUT2D eigenvalue weighted by atomic mass is 9.94. The molecule has 3 fully saturated rings. The summed E-state index contributed by atoms with van der Waals surface area (Å²) in [6, 6.07) is 0.206. The minimum atomic E-state index is -0.453. The summed E-state index contributed by atoms with van der Waals surface area (Å²) in [4.78, 5) is 28.9. The third-order valence-corrected chi connectivity index (χ3v) is 5.96. The largest absolute Gasteiger partial charge is 0.444 e. The predicted octanol–water partition coefficient (Wildman–Crippen LogP) is 2.39. The van der Waals surface area contributed by atoms with E-state index in [4.69, 9.17) is 9.47 Å². The minimum absolute atomic E-state index is 0.187. The van der Waals surface area contributed by atoms with Gasteiger partial charge in [0, 0.05) is 45.4 Å². The van der Waals surface area contributed by atoms with Gasteiger partial charge in [0.1, 0.15) is 11.7 Å². The number of piperidine rings is 2. The molecule has 0 aromatic heterocycles. The first-order chi connectivity index (χ1) is 13.3. The second-order valence-corrected chi connectivity index (χ2v) is 9.49. The summed E-state index contributed by atoms with van der Waals surface area (Å²) in [5, 5.41) is 3.00. The number of amides is 2. The van der Waals surface area contributed by atoms with Gasteiger partial charge in [-0.05, 0) is 65.2 Å². The van der Waals surface area contributed by atoms with Crippen molar-refractivity contribution in [1.29, 1.82) is 0 Å². The van der Waals surface area contributed by atoms with Crippen LogP contribution in [-0.4, -0.2) is 78.9 Å². The maximum absolute atomic E-state index is 12.5. The van der Waals surface area contributed by atoms with Crippen LogP contribution in [0.5, 0.6) is 0 Å². The second kappa shape index (κ2) is 9.44. The van der Waals surface area contributed by atoms with Crippen LogP contribution in [0.25, 0.3) is 0 Å². The lowest BCUT2D eigenvalue weighted by molar-refractivity contribution is -0.142. The number of hydrogen-bond donors (Lipinski definition) is 1. The number of nitrogens with one attached hydrogen (secondary N) is 1. The number of nitrogens with zero attached hydrogens (tertiary/aromatic N) is 2. The van der Waals surface area contributed by atoms with Crippen molar-refractivity contribution in [3.63, 3.8) is 0 Å². The highest BCUT2D eigenvalue weighted by Crippen LogP contribution is 2.23. The van der Waals surface area contributed by atoms with Gasteiger partial charge in [0.25, 0.3) is 5.91 Å². The molecule has 3 aliphatic heterocycles. The van der Waals surface area contributed by atoms with Crippen molar-refractivity contribution in [2.24, 2.45) is 5.92 Å². The Hall–Kier alpha value is -1.34. The van der Waals surface area contributed by atoms with Gasteiger partial charge in [-0.15, -0.1) is 0 Å². The van der Waals surface area contributed by atoms with Gasteiger partial charge in [-0.1, -0.05) is 0 Å². The van der Waals surface area contributed by atoms with Gasteiger partial charge in [0.15, 0.2) is 0 Å². The zero-order valence-corrected chi connectivity index (χ0v) is 17.7.